The molecule has 15 heavy (non-hydrogen) atoms. The molecule has 0 saturated heterocycles. The lowest BCUT2D eigenvalue weighted by atomic mass is 10.1. The maximum atomic E-state index is 6.06. The van der Waals surface area contributed by atoms with E-state index in [-0.39, 0.29) is 0 Å². The van der Waals surface area contributed by atoms with E-state index < -0.39 is 0 Å². The smallest absolute Gasteiger partial charge is 0.153 e. The van der Waals surface area contributed by atoms with Crippen molar-refractivity contribution in [2.45, 2.75) is 0 Å². The summed E-state index contributed by atoms with van der Waals surface area (Å²) in [7, 11) is 0. The van der Waals surface area contributed by atoms with Crippen LogP contribution in [0.5, 0.6) is 0 Å². The molecule has 2 aromatic carbocycles. The number of hydrogen-bond donors (Lipinski definition) is 0. The summed E-state index contributed by atoms with van der Waals surface area (Å²) in [6, 6.07) is 11.8. The molecule has 3 aromatic rings. The van der Waals surface area contributed by atoms with Gasteiger partial charge in [0.05, 0.1) is 5.02 Å². The third-order valence-corrected chi connectivity index (χ3v) is 3.20. The van der Waals surface area contributed by atoms with E-state index in [1.54, 1.807) is 0 Å². The van der Waals surface area contributed by atoms with Crippen molar-refractivity contribution in [1.82, 2.24) is 0 Å². The van der Waals surface area contributed by atoms with Gasteiger partial charge in [0.25, 0.3) is 0 Å². The summed E-state index contributed by atoms with van der Waals surface area (Å²) in [5.74, 6) is 0. The number of rotatable bonds is 0. The fraction of sp³-hybridized carbons (Fsp3) is 0. The molecule has 0 aliphatic heterocycles. The van der Waals surface area contributed by atoms with Crippen molar-refractivity contribution in [2.75, 3.05) is 0 Å². The van der Waals surface area contributed by atoms with Crippen molar-refractivity contribution in [3.63, 3.8) is 0 Å². The van der Waals surface area contributed by atoms with Gasteiger partial charge in [-0.05, 0) is 24.3 Å². The Hall–Kier alpha value is -0.990. The summed E-state index contributed by atoms with van der Waals surface area (Å²) >= 11 is 9.48. The molecule has 1 aromatic heterocycles. The average molecular weight is 282 g/mol. The monoisotopic (exact) mass is 280 g/mol. The highest BCUT2D eigenvalue weighted by Crippen LogP contribution is 2.34. The van der Waals surface area contributed by atoms with Gasteiger partial charge in [0.1, 0.15) is 5.58 Å². The maximum absolute atomic E-state index is 6.06. The van der Waals surface area contributed by atoms with Crippen LogP contribution in [-0.2, 0) is 0 Å². The molecule has 0 fully saturated rings. The number of furan rings is 1. The molecule has 0 spiro atoms. The highest BCUT2D eigenvalue weighted by Gasteiger charge is 2.08. The summed E-state index contributed by atoms with van der Waals surface area (Å²) in [6.45, 7) is 0. The first kappa shape index (κ1) is 9.25. The molecule has 0 amide bonds. The van der Waals surface area contributed by atoms with Crippen LogP contribution in [0.1, 0.15) is 0 Å². The first-order chi connectivity index (χ1) is 7.25. The van der Waals surface area contributed by atoms with Gasteiger partial charge in [-0.1, -0.05) is 39.7 Å². The molecule has 3 heteroatoms. The van der Waals surface area contributed by atoms with Gasteiger partial charge in [-0.2, -0.15) is 0 Å². The van der Waals surface area contributed by atoms with Crippen LogP contribution in [0.15, 0.2) is 45.3 Å². The molecule has 0 aliphatic carbocycles. The zero-order valence-electron chi connectivity index (χ0n) is 7.63. The van der Waals surface area contributed by atoms with Crippen LogP contribution in [0.25, 0.3) is 21.9 Å². The van der Waals surface area contributed by atoms with Gasteiger partial charge in [0, 0.05) is 15.2 Å². The number of benzene rings is 2. The third-order valence-electron chi connectivity index (χ3n) is 2.41. The summed E-state index contributed by atoms with van der Waals surface area (Å²) in [4.78, 5) is 0. The molecule has 3 rings (SSSR count). The van der Waals surface area contributed by atoms with Gasteiger partial charge in [-0.3, -0.25) is 0 Å². The number of para-hydroxylation sites is 1. The van der Waals surface area contributed by atoms with E-state index in [1.807, 2.05) is 36.4 Å². The topological polar surface area (TPSA) is 13.1 Å². The summed E-state index contributed by atoms with van der Waals surface area (Å²) < 4.78 is 6.71. The SMILES string of the molecule is Clc1cccc2c1oc1cc(Br)ccc12. The summed E-state index contributed by atoms with van der Waals surface area (Å²) in [5, 5.41) is 2.81. The van der Waals surface area contributed by atoms with Gasteiger partial charge in [0.15, 0.2) is 5.58 Å². The van der Waals surface area contributed by atoms with Gasteiger partial charge < -0.3 is 4.42 Å². The van der Waals surface area contributed by atoms with E-state index >= 15 is 0 Å². The lowest BCUT2D eigenvalue weighted by Crippen LogP contribution is -1.67. The zero-order chi connectivity index (χ0) is 10.4. The Labute approximate surface area is 99.8 Å². The van der Waals surface area contributed by atoms with E-state index in [0.29, 0.717) is 5.02 Å². The van der Waals surface area contributed by atoms with Crippen molar-refractivity contribution in [3.8, 4) is 0 Å². The highest BCUT2D eigenvalue weighted by molar-refractivity contribution is 9.10. The molecule has 0 aliphatic rings. The largest absolute Gasteiger partial charge is 0.454 e. The van der Waals surface area contributed by atoms with Crippen molar-refractivity contribution >= 4 is 49.5 Å². The third kappa shape index (κ3) is 1.36. The number of hydrogen-bond acceptors (Lipinski definition) is 1. The second kappa shape index (κ2) is 3.26. The van der Waals surface area contributed by atoms with E-state index in [2.05, 4.69) is 15.9 Å². The lowest BCUT2D eigenvalue weighted by molar-refractivity contribution is 0.669. The molecule has 1 nitrogen and oxygen atoms in total. The molecule has 0 atom stereocenters. The number of halogens is 2. The Morgan fingerprint density at radius 2 is 1.93 bits per heavy atom. The first-order valence-corrected chi connectivity index (χ1v) is 5.69. The second-order valence-corrected chi connectivity index (χ2v) is 4.68. The van der Waals surface area contributed by atoms with Gasteiger partial charge in [-0.15, -0.1) is 0 Å². The van der Waals surface area contributed by atoms with Gasteiger partial charge >= 0.3 is 0 Å². The molecule has 0 N–H and O–H groups in total. The normalized spacial score (nSPS) is 11.3. The molecule has 74 valence electrons. The quantitative estimate of drug-likeness (QED) is 0.565. The number of fused-ring (bicyclic) bond motifs is 3. The van der Waals surface area contributed by atoms with E-state index in [4.69, 9.17) is 16.0 Å². The highest BCUT2D eigenvalue weighted by atomic mass is 79.9. The van der Waals surface area contributed by atoms with Crippen molar-refractivity contribution in [1.29, 1.82) is 0 Å². The Bertz CT molecular complexity index is 657. The van der Waals surface area contributed by atoms with Crippen LogP contribution in [-0.4, -0.2) is 0 Å². The minimum Gasteiger partial charge on any atom is -0.454 e. The summed E-state index contributed by atoms with van der Waals surface area (Å²) in [5.41, 5.74) is 1.61. The first-order valence-electron chi connectivity index (χ1n) is 4.52. The van der Waals surface area contributed by atoms with Crippen molar-refractivity contribution in [3.05, 3.63) is 45.9 Å². The van der Waals surface area contributed by atoms with Crippen LogP contribution in [0, 0.1) is 0 Å². The van der Waals surface area contributed by atoms with E-state index in [0.717, 1.165) is 26.4 Å². The average Bonchev–Trinajstić information content (AvgIpc) is 2.57. The molecule has 0 bridgehead atoms. The minimum atomic E-state index is 0.653. The minimum absolute atomic E-state index is 0.653. The predicted octanol–water partition coefficient (Wildman–Crippen LogP) is 5.00. The molecular formula is C12H6BrClO. The maximum Gasteiger partial charge on any atom is 0.153 e. The van der Waals surface area contributed by atoms with Crippen LogP contribution >= 0.6 is 27.5 Å². The lowest BCUT2D eigenvalue weighted by Gasteiger charge is -1.90. The van der Waals surface area contributed by atoms with Crippen molar-refractivity contribution < 1.29 is 4.42 Å². The Balaban J connectivity index is 2.57. The molecule has 0 saturated carbocycles. The molecule has 0 radical (unpaired) electrons. The fourth-order valence-corrected chi connectivity index (χ4v) is 2.29. The zero-order valence-corrected chi connectivity index (χ0v) is 9.97. The van der Waals surface area contributed by atoms with E-state index in [9.17, 15) is 0 Å². The van der Waals surface area contributed by atoms with Crippen LogP contribution in [0.4, 0.5) is 0 Å². The molecule has 1 heterocycles. The van der Waals surface area contributed by atoms with Crippen LogP contribution < -0.4 is 0 Å². The Morgan fingerprint density at radius 1 is 1.07 bits per heavy atom. The standard InChI is InChI=1S/C12H6BrClO/c13-7-4-5-8-9-2-1-3-10(14)12(9)15-11(8)6-7/h1-6H. The second-order valence-electron chi connectivity index (χ2n) is 3.36. The van der Waals surface area contributed by atoms with Crippen LogP contribution in [0.2, 0.25) is 5.02 Å². The van der Waals surface area contributed by atoms with Crippen molar-refractivity contribution in [2.24, 2.45) is 0 Å². The van der Waals surface area contributed by atoms with Gasteiger partial charge in [-0.25, -0.2) is 0 Å². The Kier molecular flexibility index (Phi) is 2.01. The van der Waals surface area contributed by atoms with Crippen LogP contribution in [0.3, 0.4) is 0 Å². The van der Waals surface area contributed by atoms with E-state index in [1.165, 1.54) is 0 Å². The Morgan fingerprint density at radius 3 is 2.80 bits per heavy atom. The fourth-order valence-electron chi connectivity index (χ4n) is 1.74. The predicted molar refractivity (Wildman–Crippen MR) is 66.4 cm³/mol. The molecular weight excluding hydrogens is 275 g/mol. The van der Waals surface area contributed by atoms with Gasteiger partial charge in [0.2, 0.25) is 0 Å². The molecule has 0 unspecified atom stereocenters. The summed E-state index contributed by atoms with van der Waals surface area (Å²) in [6.07, 6.45) is 0.